The quantitative estimate of drug-likeness (QED) is 0.470. The van der Waals surface area contributed by atoms with E-state index in [9.17, 15) is 0 Å². The molecule has 3 aromatic rings. The molecule has 0 bridgehead atoms. The fourth-order valence-electron chi connectivity index (χ4n) is 3.56. The standard InChI is InChI=1S/2C11H14N2.2C2H6/c2*1-8(2)13-9(3)12-10-6-4-5-7-11(10)13;2*1-2/h4-8H,1-3H3;4-8,12H,3H2,1-2H3;2*1-2H3. The summed E-state index contributed by atoms with van der Waals surface area (Å²) in [5.41, 5.74) is 4.70. The molecule has 0 spiro atoms. The number of hydrogen-bond donors (Lipinski definition) is 1. The van der Waals surface area contributed by atoms with E-state index in [2.05, 4.69) is 97.4 Å². The highest BCUT2D eigenvalue weighted by molar-refractivity contribution is 5.80. The van der Waals surface area contributed by atoms with Crippen LogP contribution in [-0.2, 0) is 0 Å². The molecule has 0 saturated heterocycles. The van der Waals surface area contributed by atoms with Crippen molar-refractivity contribution in [2.75, 3.05) is 10.2 Å². The third-order valence-electron chi connectivity index (χ3n) is 4.54. The Morgan fingerprint density at radius 3 is 2.00 bits per heavy atom. The van der Waals surface area contributed by atoms with E-state index in [1.54, 1.807) is 0 Å². The topological polar surface area (TPSA) is 33.1 Å². The van der Waals surface area contributed by atoms with Crippen molar-refractivity contribution in [3.05, 3.63) is 66.8 Å². The molecule has 1 N–H and O–H groups in total. The second-order valence-electron chi connectivity index (χ2n) is 7.16. The van der Waals surface area contributed by atoms with E-state index in [0.717, 1.165) is 22.8 Å². The first-order valence-electron chi connectivity index (χ1n) is 11.2. The molecule has 0 saturated carbocycles. The monoisotopic (exact) mass is 408 g/mol. The van der Waals surface area contributed by atoms with E-state index in [0.29, 0.717) is 12.1 Å². The Hall–Kier alpha value is -2.75. The van der Waals surface area contributed by atoms with Gasteiger partial charge < -0.3 is 14.8 Å². The Balaban J connectivity index is 0.000000258. The maximum atomic E-state index is 4.50. The molecule has 30 heavy (non-hydrogen) atoms. The largest absolute Gasteiger partial charge is 0.340 e. The molecule has 0 atom stereocenters. The summed E-state index contributed by atoms with van der Waals surface area (Å²) in [6, 6.07) is 17.5. The van der Waals surface area contributed by atoms with Gasteiger partial charge >= 0.3 is 0 Å². The lowest BCUT2D eigenvalue weighted by Gasteiger charge is -2.23. The number of aryl methyl sites for hydroxylation is 1. The van der Waals surface area contributed by atoms with Gasteiger partial charge in [0, 0.05) is 12.1 Å². The van der Waals surface area contributed by atoms with Crippen LogP contribution in [0.2, 0.25) is 0 Å². The molecule has 4 rings (SSSR count). The van der Waals surface area contributed by atoms with Crippen LogP contribution < -0.4 is 10.2 Å². The van der Waals surface area contributed by atoms with Gasteiger partial charge in [-0.2, -0.15) is 0 Å². The highest BCUT2D eigenvalue weighted by Crippen LogP contribution is 2.36. The first-order chi connectivity index (χ1) is 14.4. The van der Waals surface area contributed by atoms with Gasteiger partial charge in [0.05, 0.1) is 22.4 Å². The lowest BCUT2D eigenvalue weighted by Crippen LogP contribution is -2.27. The summed E-state index contributed by atoms with van der Waals surface area (Å²) in [5, 5.41) is 3.26. The average molecular weight is 409 g/mol. The van der Waals surface area contributed by atoms with Crippen LogP contribution in [0.15, 0.2) is 60.9 Å². The fourth-order valence-corrected chi connectivity index (χ4v) is 3.56. The number of fused-ring (bicyclic) bond motifs is 2. The van der Waals surface area contributed by atoms with Crippen molar-refractivity contribution in [3.63, 3.8) is 0 Å². The molecule has 0 fully saturated rings. The van der Waals surface area contributed by atoms with Gasteiger partial charge in [-0.1, -0.05) is 58.5 Å². The molecule has 0 radical (unpaired) electrons. The molecule has 0 aliphatic carbocycles. The van der Waals surface area contributed by atoms with Crippen LogP contribution in [0, 0.1) is 6.92 Å². The zero-order valence-corrected chi connectivity index (χ0v) is 20.3. The van der Waals surface area contributed by atoms with Gasteiger partial charge in [-0.25, -0.2) is 4.98 Å². The van der Waals surface area contributed by atoms with Crippen LogP contribution in [0.3, 0.4) is 0 Å². The second-order valence-corrected chi connectivity index (χ2v) is 7.16. The molecule has 1 aliphatic heterocycles. The molecular weight excluding hydrogens is 368 g/mol. The molecule has 2 aromatic carbocycles. The summed E-state index contributed by atoms with van der Waals surface area (Å²) in [4.78, 5) is 6.70. The van der Waals surface area contributed by atoms with Crippen molar-refractivity contribution in [1.29, 1.82) is 0 Å². The number of benzene rings is 2. The van der Waals surface area contributed by atoms with E-state index in [4.69, 9.17) is 0 Å². The normalized spacial score (nSPS) is 11.7. The first kappa shape index (κ1) is 25.3. The van der Waals surface area contributed by atoms with Crippen LogP contribution in [0.5, 0.6) is 0 Å². The Kier molecular flexibility index (Phi) is 10.2. The third kappa shape index (κ3) is 5.65. The molecule has 1 aromatic heterocycles. The molecule has 0 unspecified atom stereocenters. The van der Waals surface area contributed by atoms with Gasteiger partial charge in [0.2, 0.25) is 0 Å². The molecular formula is C26H40N4. The summed E-state index contributed by atoms with van der Waals surface area (Å²) in [6.07, 6.45) is 0. The van der Waals surface area contributed by atoms with Crippen LogP contribution in [0.4, 0.5) is 11.4 Å². The molecule has 4 heteroatoms. The summed E-state index contributed by atoms with van der Waals surface area (Å²) >= 11 is 0. The van der Waals surface area contributed by atoms with E-state index < -0.39 is 0 Å². The minimum atomic E-state index is 0.448. The average Bonchev–Trinajstić information content (AvgIpc) is 3.26. The minimum Gasteiger partial charge on any atom is -0.340 e. The number of nitrogens with one attached hydrogen (secondary N) is 1. The summed E-state index contributed by atoms with van der Waals surface area (Å²) in [5.74, 6) is 2.06. The number of aromatic nitrogens is 2. The lowest BCUT2D eigenvalue weighted by molar-refractivity contribution is 0.600. The number of nitrogens with zero attached hydrogens (tertiary/aromatic N) is 3. The van der Waals surface area contributed by atoms with Crippen molar-refractivity contribution in [2.24, 2.45) is 0 Å². The predicted molar refractivity (Wildman–Crippen MR) is 134 cm³/mol. The van der Waals surface area contributed by atoms with Crippen LogP contribution in [-0.4, -0.2) is 15.6 Å². The van der Waals surface area contributed by atoms with Crippen molar-refractivity contribution >= 4 is 22.4 Å². The van der Waals surface area contributed by atoms with Crippen molar-refractivity contribution in [2.45, 2.75) is 74.4 Å². The number of hydrogen-bond acceptors (Lipinski definition) is 3. The summed E-state index contributed by atoms with van der Waals surface area (Å²) in [7, 11) is 0. The highest BCUT2D eigenvalue weighted by Gasteiger charge is 2.23. The number of imidazole rings is 1. The van der Waals surface area contributed by atoms with Crippen LogP contribution >= 0.6 is 0 Å². The first-order valence-corrected chi connectivity index (χ1v) is 11.2. The zero-order chi connectivity index (χ0) is 22.8. The number of rotatable bonds is 2. The van der Waals surface area contributed by atoms with Crippen molar-refractivity contribution in [1.82, 2.24) is 9.55 Å². The Labute approximate surface area is 183 Å². The summed E-state index contributed by atoms with van der Waals surface area (Å²) in [6.45, 7) is 22.7. The van der Waals surface area contributed by atoms with Crippen LogP contribution in [0.1, 0.15) is 67.3 Å². The number of para-hydroxylation sites is 4. The van der Waals surface area contributed by atoms with E-state index in [-0.39, 0.29) is 0 Å². The van der Waals surface area contributed by atoms with E-state index in [1.165, 1.54) is 11.2 Å². The predicted octanol–water partition coefficient (Wildman–Crippen LogP) is 7.78. The molecule has 2 heterocycles. The Morgan fingerprint density at radius 2 is 1.40 bits per heavy atom. The van der Waals surface area contributed by atoms with E-state index in [1.807, 2.05) is 39.8 Å². The minimum absolute atomic E-state index is 0.448. The lowest BCUT2D eigenvalue weighted by atomic mass is 10.2. The molecule has 164 valence electrons. The molecule has 4 nitrogen and oxygen atoms in total. The maximum absolute atomic E-state index is 4.50. The summed E-state index contributed by atoms with van der Waals surface area (Å²) < 4.78 is 2.26. The second kappa shape index (κ2) is 12.1. The Morgan fingerprint density at radius 1 is 0.833 bits per heavy atom. The van der Waals surface area contributed by atoms with Crippen LogP contribution in [0.25, 0.3) is 11.0 Å². The van der Waals surface area contributed by atoms with E-state index >= 15 is 0 Å². The third-order valence-corrected chi connectivity index (χ3v) is 4.54. The fraction of sp³-hybridized carbons (Fsp3) is 0.423. The number of anilines is 2. The SMILES string of the molecule is C=C1Nc2ccccc2N1C(C)C.CC.CC.Cc1nc2ccccc2n1C(C)C. The Bertz CT molecular complexity index is 922. The van der Waals surface area contributed by atoms with Gasteiger partial charge in [-0.05, 0) is 58.9 Å². The van der Waals surface area contributed by atoms with Gasteiger partial charge in [0.25, 0.3) is 0 Å². The van der Waals surface area contributed by atoms with Gasteiger partial charge in [-0.15, -0.1) is 0 Å². The van der Waals surface area contributed by atoms with Gasteiger partial charge in [0.1, 0.15) is 11.6 Å². The maximum Gasteiger partial charge on any atom is 0.106 e. The van der Waals surface area contributed by atoms with Crippen molar-refractivity contribution < 1.29 is 0 Å². The highest BCUT2D eigenvalue weighted by atomic mass is 15.3. The smallest absolute Gasteiger partial charge is 0.106 e. The zero-order valence-electron chi connectivity index (χ0n) is 20.3. The van der Waals surface area contributed by atoms with Gasteiger partial charge in [-0.3, -0.25) is 0 Å². The van der Waals surface area contributed by atoms with Crippen molar-refractivity contribution in [3.8, 4) is 0 Å². The van der Waals surface area contributed by atoms with Gasteiger partial charge in [0.15, 0.2) is 0 Å². The molecule has 1 aliphatic rings. The molecule has 0 amide bonds.